The molecule has 1 heterocycles. The Morgan fingerprint density at radius 3 is 2.27 bits per heavy atom. The normalized spacial score (nSPS) is 11.7. The maximum Gasteiger partial charge on any atom is 0.416 e. The van der Waals surface area contributed by atoms with Crippen molar-refractivity contribution >= 4 is 29.9 Å². The van der Waals surface area contributed by atoms with Crippen molar-refractivity contribution < 1.29 is 13.2 Å². The second-order valence-electron chi connectivity index (χ2n) is 6.43. The number of imidazole rings is 1. The molecule has 5 nitrogen and oxygen atoms in total. The Morgan fingerprint density at radius 2 is 1.63 bits per heavy atom. The highest BCUT2D eigenvalue weighted by molar-refractivity contribution is 14.0. The monoisotopic (exact) mass is 529 g/mol. The summed E-state index contributed by atoms with van der Waals surface area (Å²) in [6.07, 6.45) is -0.661. The first-order valence-electron chi connectivity index (χ1n) is 9.10. The molecule has 0 saturated carbocycles. The van der Waals surface area contributed by atoms with Crippen molar-refractivity contribution in [1.29, 1.82) is 0 Å². The smallest absolute Gasteiger partial charge is 0.352 e. The highest BCUT2D eigenvalue weighted by Crippen LogP contribution is 2.29. The number of hydrogen-bond acceptors (Lipinski definition) is 2. The zero-order valence-corrected chi connectivity index (χ0v) is 18.7. The van der Waals surface area contributed by atoms with Gasteiger partial charge in [0.2, 0.25) is 0 Å². The molecule has 2 aromatic carbocycles. The van der Waals surface area contributed by atoms with Gasteiger partial charge in [-0.15, -0.1) is 24.0 Å². The second-order valence-corrected chi connectivity index (χ2v) is 6.43. The first-order chi connectivity index (χ1) is 14.0. The summed E-state index contributed by atoms with van der Waals surface area (Å²) in [4.78, 5) is 8.53. The van der Waals surface area contributed by atoms with Crippen LogP contribution in [0.1, 0.15) is 22.5 Å². The molecule has 0 bridgehead atoms. The van der Waals surface area contributed by atoms with Crippen molar-refractivity contribution in [1.82, 2.24) is 20.2 Å². The van der Waals surface area contributed by atoms with E-state index in [4.69, 9.17) is 0 Å². The Bertz CT molecular complexity index is 937. The summed E-state index contributed by atoms with van der Waals surface area (Å²) in [5.74, 6) is 1.39. The lowest BCUT2D eigenvalue weighted by Crippen LogP contribution is -2.37. The second kappa shape index (κ2) is 11.0. The van der Waals surface area contributed by atoms with E-state index < -0.39 is 11.7 Å². The van der Waals surface area contributed by atoms with Crippen LogP contribution in [0.25, 0.3) is 0 Å². The Hall–Kier alpha value is -2.56. The number of aliphatic imine (C=N–C) groups is 1. The third-order valence-corrected chi connectivity index (χ3v) is 4.38. The Balaban J connectivity index is 0.00000320. The van der Waals surface area contributed by atoms with Crippen molar-refractivity contribution in [2.75, 3.05) is 7.05 Å². The molecule has 3 rings (SSSR count). The van der Waals surface area contributed by atoms with Crippen molar-refractivity contribution in [3.05, 3.63) is 89.5 Å². The predicted molar refractivity (Wildman–Crippen MR) is 122 cm³/mol. The summed E-state index contributed by atoms with van der Waals surface area (Å²) in [5, 5.41) is 6.28. The topological polar surface area (TPSA) is 54.2 Å². The van der Waals surface area contributed by atoms with E-state index in [1.165, 1.54) is 17.7 Å². The van der Waals surface area contributed by atoms with Crippen molar-refractivity contribution in [2.24, 2.45) is 4.99 Å². The standard InChI is InChI=1S/C21H22F3N5.HI/c1-25-20(27-13-16-7-9-18(10-8-16)21(22,23)24)28-14-19-26-11-12-29(19)15-17-5-3-2-4-6-17;/h2-12H,13-15H2,1H3,(H2,25,27,28);1H. The molecule has 0 aliphatic rings. The number of hydrogen-bond donors (Lipinski definition) is 2. The van der Waals surface area contributed by atoms with E-state index in [-0.39, 0.29) is 24.0 Å². The van der Waals surface area contributed by atoms with E-state index in [9.17, 15) is 13.2 Å². The fraction of sp³-hybridized carbons (Fsp3) is 0.238. The summed E-state index contributed by atoms with van der Waals surface area (Å²) in [7, 11) is 1.64. The van der Waals surface area contributed by atoms with Gasteiger partial charge in [0.1, 0.15) is 5.82 Å². The third-order valence-electron chi connectivity index (χ3n) is 4.38. The molecule has 0 spiro atoms. The molecule has 0 saturated heterocycles. The van der Waals surface area contributed by atoms with Crippen molar-refractivity contribution in [3.63, 3.8) is 0 Å². The molecule has 0 aliphatic carbocycles. The zero-order chi connectivity index (χ0) is 20.7. The predicted octanol–water partition coefficient (Wildman–Crippen LogP) is 4.43. The molecule has 0 atom stereocenters. The fourth-order valence-electron chi connectivity index (χ4n) is 2.81. The summed E-state index contributed by atoms with van der Waals surface area (Å²) in [5.41, 5.74) is 1.25. The third kappa shape index (κ3) is 6.75. The van der Waals surface area contributed by atoms with E-state index in [0.717, 1.165) is 30.1 Å². The minimum atomic E-state index is -4.33. The number of guanidine groups is 1. The van der Waals surface area contributed by atoms with Crippen LogP contribution in [-0.4, -0.2) is 22.6 Å². The first-order valence-corrected chi connectivity index (χ1v) is 9.10. The van der Waals surface area contributed by atoms with Crippen LogP contribution in [0.5, 0.6) is 0 Å². The molecular weight excluding hydrogens is 506 g/mol. The number of benzene rings is 2. The van der Waals surface area contributed by atoms with Crippen molar-refractivity contribution in [3.8, 4) is 0 Å². The SMILES string of the molecule is CN=C(NCc1ccc(C(F)(F)F)cc1)NCc1nccn1Cc1ccccc1.I. The molecule has 3 aromatic rings. The zero-order valence-electron chi connectivity index (χ0n) is 16.4. The van der Waals surface area contributed by atoms with E-state index in [2.05, 4.69) is 32.7 Å². The van der Waals surface area contributed by atoms with E-state index >= 15 is 0 Å². The van der Waals surface area contributed by atoms with Gasteiger partial charge in [0.25, 0.3) is 0 Å². The number of nitrogens with zero attached hydrogens (tertiary/aromatic N) is 3. The van der Waals surface area contributed by atoms with Gasteiger partial charge in [0.15, 0.2) is 5.96 Å². The molecular formula is C21H23F3IN5. The molecule has 0 radical (unpaired) electrons. The van der Waals surface area contributed by atoms with Crippen LogP contribution in [0.3, 0.4) is 0 Å². The van der Waals surface area contributed by atoms with Gasteiger partial charge in [-0.3, -0.25) is 4.99 Å². The summed E-state index contributed by atoms with van der Waals surface area (Å²) >= 11 is 0. The van der Waals surface area contributed by atoms with Gasteiger partial charge in [0, 0.05) is 32.5 Å². The van der Waals surface area contributed by atoms with Gasteiger partial charge < -0.3 is 15.2 Å². The summed E-state index contributed by atoms with van der Waals surface area (Å²) in [6.45, 7) is 1.54. The van der Waals surface area contributed by atoms with E-state index in [1.54, 1.807) is 13.2 Å². The molecule has 1 aromatic heterocycles. The molecule has 160 valence electrons. The Kier molecular flexibility index (Phi) is 8.70. The van der Waals surface area contributed by atoms with Gasteiger partial charge in [-0.25, -0.2) is 4.98 Å². The minimum Gasteiger partial charge on any atom is -0.352 e. The molecule has 2 N–H and O–H groups in total. The summed E-state index contributed by atoms with van der Waals surface area (Å²) in [6, 6.07) is 15.1. The molecule has 30 heavy (non-hydrogen) atoms. The van der Waals surface area contributed by atoms with Crippen LogP contribution >= 0.6 is 24.0 Å². The Morgan fingerprint density at radius 1 is 0.967 bits per heavy atom. The average Bonchev–Trinajstić information content (AvgIpc) is 3.15. The van der Waals surface area contributed by atoms with E-state index in [0.29, 0.717) is 19.0 Å². The van der Waals surface area contributed by atoms with Crippen LogP contribution in [0, 0.1) is 0 Å². The van der Waals surface area contributed by atoms with Crippen LogP contribution in [0.15, 0.2) is 72.0 Å². The average molecular weight is 529 g/mol. The highest BCUT2D eigenvalue weighted by Gasteiger charge is 2.29. The van der Waals surface area contributed by atoms with Crippen LogP contribution < -0.4 is 10.6 Å². The lowest BCUT2D eigenvalue weighted by molar-refractivity contribution is -0.137. The minimum absolute atomic E-state index is 0. The van der Waals surface area contributed by atoms with E-state index in [1.807, 2.05) is 29.0 Å². The lowest BCUT2D eigenvalue weighted by Gasteiger charge is -2.13. The largest absolute Gasteiger partial charge is 0.416 e. The molecule has 9 heteroatoms. The fourth-order valence-corrected chi connectivity index (χ4v) is 2.81. The number of rotatable bonds is 6. The van der Waals surface area contributed by atoms with Gasteiger partial charge in [0.05, 0.1) is 12.1 Å². The number of nitrogens with one attached hydrogen (secondary N) is 2. The van der Waals surface area contributed by atoms with Crippen molar-refractivity contribution in [2.45, 2.75) is 25.8 Å². The Labute approximate surface area is 190 Å². The van der Waals surface area contributed by atoms with Crippen LogP contribution in [0.4, 0.5) is 13.2 Å². The molecule has 0 fully saturated rings. The number of aromatic nitrogens is 2. The molecule has 0 aliphatic heterocycles. The molecule has 0 amide bonds. The number of alkyl halides is 3. The van der Waals surface area contributed by atoms with Crippen LogP contribution in [-0.2, 0) is 25.8 Å². The highest BCUT2D eigenvalue weighted by atomic mass is 127. The van der Waals surface area contributed by atoms with Gasteiger partial charge >= 0.3 is 6.18 Å². The quantitative estimate of drug-likeness (QED) is 0.282. The maximum absolute atomic E-state index is 12.6. The first kappa shape index (κ1) is 23.7. The molecule has 0 unspecified atom stereocenters. The maximum atomic E-state index is 12.6. The van der Waals surface area contributed by atoms with Gasteiger partial charge in [-0.2, -0.15) is 13.2 Å². The number of halogens is 4. The van der Waals surface area contributed by atoms with Gasteiger partial charge in [-0.05, 0) is 23.3 Å². The summed E-state index contributed by atoms with van der Waals surface area (Å²) < 4.78 is 40.0. The lowest BCUT2D eigenvalue weighted by atomic mass is 10.1. The van der Waals surface area contributed by atoms with Crippen LogP contribution in [0.2, 0.25) is 0 Å². The van der Waals surface area contributed by atoms with Gasteiger partial charge in [-0.1, -0.05) is 42.5 Å².